The van der Waals surface area contributed by atoms with Gasteiger partial charge in [-0.1, -0.05) is 53.4 Å². The lowest BCUT2D eigenvalue weighted by Gasteiger charge is -2.40. The molecule has 1 aliphatic carbocycles. The molecular weight excluding hydrogens is 168 g/mol. The van der Waals surface area contributed by atoms with E-state index in [0.29, 0.717) is 5.41 Å². The monoisotopic (exact) mass is 196 g/mol. The van der Waals surface area contributed by atoms with Crippen LogP contribution in [0.5, 0.6) is 0 Å². The lowest BCUT2D eigenvalue weighted by atomic mass is 9.65. The molecule has 1 aliphatic rings. The van der Waals surface area contributed by atoms with Crippen molar-refractivity contribution in [3.05, 3.63) is 0 Å². The van der Waals surface area contributed by atoms with Gasteiger partial charge in [0.25, 0.3) is 0 Å². The number of hydrogen-bond acceptors (Lipinski definition) is 0. The van der Waals surface area contributed by atoms with Crippen LogP contribution in [0.3, 0.4) is 0 Å². The largest absolute Gasteiger partial charge is 0.0654 e. The summed E-state index contributed by atoms with van der Waals surface area (Å²) in [7, 11) is 0. The minimum absolute atomic E-state index is 0.623. The summed E-state index contributed by atoms with van der Waals surface area (Å²) in [6.07, 6.45) is 10.1. The summed E-state index contributed by atoms with van der Waals surface area (Å²) in [5, 5.41) is 0. The van der Waals surface area contributed by atoms with E-state index >= 15 is 0 Å². The summed E-state index contributed by atoms with van der Waals surface area (Å²) in [6, 6.07) is 0. The summed E-state index contributed by atoms with van der Waals surface area (Å²) in [5.41, 5.74) is 0.623. The fourth-order valence-corrected chi connectivity index (χ4v) is 3.54. The standard InChI is InChI=1S/C14H28/c1-5-7-12-9-13(8-6-2)11-14(3,4)10-12/h12-13H,5-11H2,1-4H3. The molecule has 0 aromatic heterocycles. The maximum Gasteiger partial charge on any atom is -0.0349 e. The van der Waals surface area contributed by atoms with Crippen LogP contribution in [0.2, 0.25) is 0 Å². The first-order valence-electron chi connectivity index (χ1n) is 6.57. The highest BCUT2D eigenvalue weighted by molar-refractivity contribution is 4.84. The van der Waals surface area contributed by atoms with E-state index in [1.54, 1.807) is 0 Å². The summed E-state index contributed by atoms with van der Waals surface area (Å²) in [6.45, 7) is 9.60. The molecule has 0 nitrogen and oxygen atoms in total. The van der Waals surface area contributed by atoms with Crippen molar-refractivity contribution >= 4 is 0 Å². The zero-order valence-electron chi connectivity index (χ0n) is 10.6. The summed E-state index contributed by atoms with van der Waals surface area (Å²) >= 11 is 0. The third-order valence-electron chi connectivity index (χ3n) is 3.74. The van der Waals surface area contributed by atoms with E-state index in [-0.39, 0.29) is 0 Å². The molecular formula is C14H28. The van der Waals surface area contributed by atoms with Gasteiger partial charge in [0.2, 0.25) is 0 Å². The Kier molecular flexibility index (Phi) is 4.47. The van der Waals surface area contributed by atoms with Gasteiger partial charge >= 0.3 is 0 Å². The van der Waals surface area contributed by atoms with E-state index in [0.717, 1.165) is 11.8 Å². The van der Waals surface area contributed by atoms with Gasteiger partial charge in [-0.25, -0.2) is 0 Å². The molecule has 0 aromatic rings. The smallest absolute Gasteiger partial charge is 0.0349 e. The molecule has 0 amide bonds. The van der Waals surface area contributed by atoms with Crippen molar-refractivity contribution in [3.63, 3.8) is 0 Å². The van der Waals surface area contributed by atoms with Crippen molar-refractivity contribution in [1.29, 1.82) is 0 Å². The maximum absolute atomic E-state index is 2.47. The Balaban J connectivity index is 2.48. The molecule has 2 atom stereocenters. The first-order chi connectivity index (χ1) is 6.57. The van der Waals surface area contributed by atoms with Crippen LogP contribution in [-0.4, -0.2) is 0 Å². The van der Waals surface area contributed by atoms with Crippen LogP contribution in [0.25, 0.3) is 0 Å². The number of rotatable bonds is 4. The zero-order chi connectivity index (χ0) is 10.6. The van der Waals surface area contributed by atoms with Crippen LogP contribution < -0.4 is 0 Å². The topological polar surface area (TPSA) is 0 Å². The minimum Gasteiger partial charge on any atom is -0.0654 e. The third-order valence-corrected chi connectivity index (χ3v) is 3.74. The Labute approximate surface area is 90.5 Å². The summed E-state index contributed by atoms with van der Waals surface area (Å²) in [4.78, 5) is 0. The van der Waals surface area contributed by atoms with E-state index < -0.39 is 0 Å². The first-order valence-corrected chi connectivity index (χ1v) is 6.57. The molecule has 0 bridgehead atoms. The van der Waals surface area contributed by atoms with Gasteiger partial charge in [-0.15, -0.1) is 0 Å². The fourth-order valence-electron chi connectivity index (χ4n) is 3.54. The van der Waals surface area contributed by atoms with E-state index in [1.165, 1.54) is 44.9 Å². The van der Waals surface area contributed by atoms with E-state index in [9.17, 15) is 0 Å². The van der Waals surface area contributed by atoms with Gasteiger partial charge in [-0.3, -0.25) is 0 Å². The summed E-state index contributed by atoms with van der Waals surface area (Å²) < 4.78 is 0. The number of hydrogen-bond donors (Lipinski definition) is 0. The highest BCUT2D eigenvalue weighted by atomic mass is 14.4. The molecule has 0 N–H and O–H groups in total. The first kappa shape index (κ1) is 12.1. The molecule has 1 rings (SSSR count). The van der Waals surface area contributed by atoms with Crippen molar-refractivity contribution in [2.45, 2.75) is 72.6 Å². The van der Waals surface area contributed by atoms with Gasteiger partial charge in [0, 0.05) is 0 Å². The van der Waals surface area contributed by atoms with Gasteiger partial charge < -0.3 is 0 Å². The second-order valence-electron chi connectivity index (χ2n) is 6.12. The van der Waals surface area contributed by atoms with E-state index in [2.05, 4.69) is 27.7 Å². The third kappa shape index (κ3) is 3.63. The predicted molar refractivity (Wildman–Crippen MR) is 64.4 cm³/mol. The molecule has 0 heteroatoms. The zero-order valence-corrected chi connectivity index (χ0v) is 10.6. The van der Waals surface area contributed by atoms with Crippen LogP contribution in [0.1, 0.15) is 72.6 Å². The molecule has 84 valence electrons. The van der Waals surface area contributed by atoms with Gasteiger partial charge in [-0.05, 0) is 36.5 Å². The Bertz CT molecular complexity index is 141. The Morgan fingerprint density at radius 3 is 1.71 bits per heavy atom. The molecule has 14 heavy (non-hydrogen) atoms. The van der Waals surface area contributed by atoms with E-state index in [1.807, 2.05) is 0 Å². The van der Waals surface area contributed by atoms with Gasteiger partial charge in [0.15, 0.2) is 0 Å². The fraction of sp³-hybridized carbons (Fsp3) is 1.00. The molecule has 0 spiro atoms. The molecule has 1 fully saturated rings. The van der Waals surface area contributed by atoms with Crippen molar-refractivity contribution in [1.82, 2.24) is 0 Å². The quantitative estimate of drug-likeness (QED) is 0.591. The van der Waals surface area contributed by atoms with Crippen molar-refractivity contribution in [3.8, 4) is 0 Å². The molecule has 0 aliphatic heterocycles. The molecule has 0 heterocycles. The SMILES string of the molecule is CCCC1CC(CCC)CC(C)(C)C1. The second kappa shape index (κ2) is 5.19. The lowest BCUT2D eigenvalue weighted by Crippen LogP contribution is -2.28. The average molecular weight is 196 g/mol. The van der Waals surface area contributed by atoms with Crippen LogP contribution >= 0.6 is 0 Å². The van der Waals surface area contributed by atoms with Gasteiger partial charge in [0.1, 0.15) is 0 Å². The van der Waals surface area contributed by atoms with Gasteiger partial charge in [-0.2, -0.15) is 0 Å². The maximum atomic E-state index is 2.47. The Hall–Kier alpha value is 0. The molecule has 2 unspecified atom stereocenters. The molecule has 0 radical (unpaired) electrons. The van der Waals surface area contributed by atoms with Crippen molar-refractivity contribution < 1.29 is 0 Å². The molecule has 0 saturated heterocycles. The van der Waals surface area contributed by atoms with Crippen LogP contribution in [0, 0.1) is 17.3 Å². The van der Waals surface area contributed by atoms with E-state index in [4.69, 9.17) is 0 Å². The van der Waals surface area contributed by atoms with Crippen LogP contribution in [-0.2, 0) is 0 Å². The highest BCUT2D eigenvalue weighted by Gasteiger charge is 2.32. The van der Waals surface area contributed by atoms with Crippen molar-refractivity contribution in [2.24, 2.45) is 17.3 Å². The average Bonchev–Trinajstić information content (AvgIpc) is 2.01. The highest BCUT2D eigenvalue weighted by Crippen LogP contribution is 2.44. The molecule has 0 aromatic carbocycles. The predicted octanol–water partition coefficient (Wildman–Crippen LogP) is 5.03. The lowest BCUT2D eigenvalue weighted by molar-refractivity contribution is 0.112. The van der Waals surface area contributed by atoms with Crippen LogP contribution in [0.15, 0.2) is 0 Å². The minimum atomic E-state index is 0.623. The molecule has 1 saturated carbocycles. The van der Waals surface area contributed by atoms with Gasteiger partial charge in [0.05, 0.1) is 0 Å². The normalized spacial score (nSPS) is 31.7. The van der Waals surface area contributed by atoms with Crippen LogP contribution in [0.4, 0.5) is 0 Å². The summed E-state index contributed by atoms with van der Waals surface area (Å²) in [5.74, 6) is 2.06. The second-order valence-corrected chi connectivity index (χ2v) is 6.12. The van der Waals surface area contributed by atoms with Crippen molar-refractivity contribution in [2.75, 3.05) is 0 Å². The Morgan fingerprint density at radius 2 is 1.36 bits per heavy atom. The Morgan fingerprint density at radius 1 is 0.929 bits per heavy atom.